The van der Waals surface area contributed by atoms with E-state index in [0.29, 0.717) is 13.0 Å². The van der Waals surface area contributed by atoms with E-state index in [1.807, 2.05) is 11.6 Å². The highest BCUT2D eigenvalue weighted by Crippen LogP contribution is 2.25. The third-order valence-corrected chi connectivity index (χ3v) is 4.22. The van der Waals surface area contributed by atoms with Gasteiger partial charge in [0, 0.05) is 35.5 Å². The smallest absolute Gasteiger partial charge is 0.124 e. The van der Waals surface area contributed by atoms with Crippen molar-refractivity contribution in [2.24, 2.45) is 0 Å². The lowest BCUT2D eigenvalue weighted by Gasteiger charge is -1.95. The van der Waals surface area contributed by atoms with Crippen molar-refractivity contribution in [3.05, 3.63) is 39.8 Å². The van der Waals surface area contributed by atoms with Crippen LogP contribution in [-0.4, -0.2) is 31.7 Å². The van der Waals surface area contributed by atoms with Crippen molar-refractivity contribution >= 4 is 22.7 Å². The zero-order valence-corrected chi connectivity index (χ0v) is 11.7. The molecule has 3 aromatic rings. The maximum absolute atomic E-state index is 8.84. The molecule has 0 radical (unpaired) electrons. The highest BCUT2D eigenvalue weighted by Gasteiger charge is 2.07. The van der Waals surface area contributed by atoms with Crippen LogP contribution >= 0.6 is 22.7 Å². The Kier molecular flexibility index (Phi) is 3.67. The highest BCUT2D eigenvalue weighted by molar-refractivity contribution is 7.14. The summed E-state index contributed by atoms with van der Waals surface area (Å²) in [5, 5.41) is 24.1. The van der Waals surface area contributed by atoms with Crippen LogP contribution in [0.5, 0.6) is 0 Å². The van der Waals surface area contributed by atoms with E-state index in [9.17, 15) is 0 Å². The van der Waals surface area contributed by atoms with Gasteiger partial charge in [-0.05, 0) is 11.4 Å². The van der Waals surface area contributed by atoms with Gasteiger partial charge in [0.1, 0.15) is 5.01 Å². The van der Waals surface area contributed by atoms with Gasteiger partial charge >= 0.3 is 0 Å². The number of hydrogen-bond acceptors (Lipinski definition) is 6. The minimum Gasteiger partial charge on any atom is -0.396 e. The molecule has 0 bridgehead atoms. The largest absolute Gasteiger partial charge is 0.396 e. The lowest BCUT2D eigenvalue weighted by atomic mass is 10.3. The SMILES string of the molecule is OCCc1cn(Cc2csc(-c3ccsc3)n2)nn1. The number of nitrogens with zero attached hydrogens (tertiary/aromatic N) is 4. The normalized spacial score (nSPS) is 11.0. The summed E-state index contributed by atoms with van der Waals surface area (Å²) in [7, 11) is 0. The first kappa shape index (κ1) is 12.5. The van der Waals surface area contributed by atoms with Gasteiger partial charge in [0.05, 0.1) is 17.9 Å². The second kappa shape index (κ2) is 5.60. The molecule has 0 aliphatic carbocycles. The van der Waals surface area contributed by atoms with Gasteiger partial charge in [-0.3, -0.25) is 0 Å². The molecule has 98 valence electrons. The van der Waals surface area contributed by atoms with Gasteiger partial charge in [-0.1, -0.05) is 5.21 Å². The maximum Gasteiger partial charge on any atom is 0.124 e. The summed E-state index contributed by atoms with van der Waals surface area (Å²) in [6, 6.07) is 2.07. The monoisotopic (exact) mass is 292 g/mol. The van der Waals surface area contributed by atoms with E-state index in [4.69, 9.17) is 5.11 Å². The third-order valence-electron chi connectivity index (χ3n) is 2.60. The molecule has 0 aliphatic rings. The highest BCUT2D eigenvalue weighted by atomic mass is 32.1. The summed E-state index contributed by atoms with van der Waals surface area (Å²) >= 11 is 3.31. The fourth-order valence-corrected chi connectivity index (χ4v) is 3.23. The van der Waals surface area contributed by atoms with Gasteiger partial charge < -0.3 is 5.11 Å². The van der Waals surface area contributed by atoms with Crippen LogP contribution in [0.15, 0.2) is 28.4 Å². The summed E-state index contributed by atoms with van der Waals surface area (Å²) in [4.78, 5) is 4.59. The van der Waals surface area contributed by atoms with E-state index >= 15 is 0 Å². The minimum atomic E-state index is 0.0949. The molecule has 3 rings (SSSR count). The van der Waals surface area contributed by atoms with Crippen molar-refractivity contribution in [1.29, 1.82) is 0 Å². The Morgan fingerprint density at radius 3 is 3.00 bits per heavy atom. The maximum atomic E-state index is 8.84. The van der Waals surface area contributed by atoms with E-state index in [1.54, 1.807) is 27.4 Å². The summed E-state index contributed by atoms with van der Waals surface area (Å²) in [6.07, 6.45) is 2.39. The molecular formula is C12H12N4OS2. The molecule has 19 heavy (non-hydrogen) atoms. The van der Waals surface area contributed by atoms with Crippen LogP contribution < -0.4 is 0 Å². The summed E-state index contributed by atoms with van der Waals surface area (Å²) in [6.45, 7) is 0.705. The van der Waals surface area contributed by atoms with Crippen LogP contribution in [-0.2, 0) is 13.0 Å². The number of rotatable bonds is 5. The van der Waals surface area contributed by atoms with E-state index < -0.39 is 0 Å². The van der Waals surface area contributed by atoms with Gasteiger partial charge in [-0.2, -0.15) is 11.3 Å². The molecule has 0 amide bonds. The van der Waals surface area contributed by atoms with Crippen LogP contribution in [0.3, 0.4) is 0 Å². The number of thiazole rings is 1. The summed E-state index contributed by atoms with van der Waals surface area (Å²) in [5.41, 5.74) is 2.95. The summed E-state index contributed by atoms with van der Waals surface area (Å²) in [5.74, 6) is 0. The first-order chi connectivity index (χ1) is 9.35. The van der Waals surface area contributed by atoms with Crippen LogP contribution in [0.4, 0.5) is 0 Å². The van der Waals surface area contributed by atoms with Crippen molar-refractivity contribution < 1.29 is 5.11 Å². The Hall–Kier alpha value is -1.57. The number of aliphatic hydroxyl groups is 1. The molecule has 0 saturated carbocycles. The Morgan fingerprint density at radius 2 is 2.21 bits per heavy atom. The molecule has 0 aliphatic heterocycles. The van der Waals surface area contributed by atoms with Gasteiger partial charge in [0.15, 0.2) is 0 Å². The van der Waals surface area contributed by atoms with Crippen molar-refractivity contribution in [3.8, 4) is 10.6 Å². The molecular weight excluding hydrogens is 280 g/mol. The zero-order chi connectivity index (χ0) is 13.1. The van der Waals surface area contributed by atoms with E-state index in [1.165, 1.54) is 5.56 Å². The lowest BCUT2D eigenvalue weighted by molar-refractivity contribution is 0.298. The van der Waals surface area contributed by atoms with Crippen molar-refractivity contribution in [1.82, 2.24) is 20.0 Å². The van der Waals surface area contributed by atoms with E-state index in [2.05, 4.69) is 32.1 Å². The Balaban J connectivity index is 1.72. The minimum absolute atomic E-state index is 0.0949. The van der Waals surface area contributed by atoms with E-state index in [0.717, 1.165) is 16.4 Å². The molecule has 5 nitrogen and oxygen atoms in total. The Morgan fingerprint density at radius 1 is 1.26 bits per heavy atom. The number of aromatic nitrogens is 4. The molecule has 0 aromatic carbocycles. The van der Waals surface area contributed by atoms with Gasteiger partial charge in [0.2, 0.25) is 0 Å². The fourth-order valence-electron chi connectivity index (χ4n) is 1.71. The second-order valence-corrected chi connectivity index (χ2v) is 5.68. The third kappa shape index (κ3) is 2.89. The number of aliphatic hydroxyl groups excluding tert-OH is 1. The standard InChI is InChI=1S/C12H12N4OS2/c17-3-1-10-5-16(15-14-10)6-11-8-19-12(13-11)9-2-4-18-7-9/h2,4-5,7-8,17H,1,3,6H2. The molecule has 0 unspecified atom stereocenters. The van der Waals surface area contributed by atoms with Crippen molar-refractivity contribution in [2.45, 2.75) is 13.0 Å². The average molecular weight is 292 g/mol. The van der Waals surface area contributed by atoms with E-state index in [-0.39, 0.29) is 6.61 Å². The molecule has 0 fully saturated rings. The van der Waals surface area contributed by atoms with Crippen LogP contribution in [0, 0.1) is 0 Å². The first-order valence-electron chi connectivity index (χ1n) is 5.82. The molecule has 0 saturated heterocycles. The number of thiophene rings is 1. The lowest BCUT2D eigenvalue weighted by Crippen LogP contribution is -2.00. The summed E-state index contributed by atoms with van der Waals surface area (Å²) < 4.78 is 1.75. The van der Waals surface area contributed by atoms with Gasteiger partial charge in [0.25, 0.3) is 0 Å². The Labute approximate surface area is 118 Å². The topological polar surface area (TPSA) is 63.8 Å². The van der Waals surface area contributed by atoms with Crippen LogP contribution in [0.25, 0.3) is 10.6 Å². The Bertz CT molecular complexity index is 644. The van der Waals surface area contributed by atoms with Crippen LogP contribution in [0.1, 0.15) is 11.4 Å². The average Bonchev–Trinajstić information content (AvgIpc) is 3.10. The zero-order valence-electron chi connectivity index (χ0n) is 10.1. The predicted molar refractivity (Wildman–Crippen MR) is 75.3 cm³/mol. The fraction of sp³-hybridized carbons (Fsp3) is 0.250. The molecule has 3 heterocycles. The molecule has 0 spiro atoms. The quantitative estimate of drug-likeness (QED) is 0.781. The van der Waals surface area contributed by atoms with Crippen molar-refractivity contribution in [2.75, 3.05) is 6.61 Å². The molecule has 0 atom stereocenters. The number of hydrogen-bond donors (Lipinski definition) is 1. The first-order valence-corrected chi connectivity index (χ1v) is 7.64. The molecule has 3 aromatic heterocycles. The van der Waals surface area contributed by atoms with Gasteiger partial charge in [-0.25, -0.2) is 9.67 Å². The second-order valence-electron chi connectivity index (χ2n) is 4.04. The van der Waals surface area contributed by atoms with Crippen LogP contribution in [0.2, 0.25) is 0 Å². The van der Waals surface area contributed by atoms with Gasteiger partial charge in [-0.15, -0.1) is 16.4 Å². The predicted octanol–water partition coefficient (Wildman–Crippen LogP) is 2.05. The molecule has 7 heteroatoms. The molecule has 1 N–H and O–H groups in total. The van der Waals surface area contributed by atoms with Crippen molar-refractivity contribution in [3.63, 3.8) is 0 Å².